The Hall–Kier alpha value is -2.37. The number of aliphatic carboxylic acids is 1. The number of likely N-dealkylation sites (tertiary alicyclic amines) is 1. The van der Waals surface area contributed by atoms with Crippen molar-refractivity contribution in [3.8, 4) is 0 Å². The Balaban J connectivity index is 1.91. The van der Waals surface area contributed by atoms with E-state index in [0.29, 0.717) is 18.5 Å². The Morgan fingerprint density at radius 2 is 2.00 bits per heavy atom. The van der Waals surface area contributed by atoms with Crippen LogP contribution in [0.1, 0.15) is 40.7 Å². The molecule has 0 spiro atoms. The van der Waals surface area contributed by atoms with Gasteiger partial charge in [-0.05, 0) is 49.9 Å². The fourth-order valence-corrected chi connectivity index (χ4v) is 2.82. The van der Waals surface area contributed by atoms with Gasteiger partial charge in [-0.2, -0.15) is 0 Å². The fraction of sp³-hybridized carbons (Fsp3) is 0.471. The Kier molecular flexibility index (Phi) is 5.36. The normalized spacial score (nSPS) is 17.1. The molecule has 1 aliphatic heterocycles. The predicted molar refractivity (Wildman–Crippen MR) is 85.2 cm³/mol. The molecule has 0 aromatic heterocycles. The van der Waals surface area contributed by atoms with Crippen LogP contribution in [0.3, 0.4) is 0 Å². The van der Waals surface area contributed by atoms with E-state index in [-0.39, 0.29) is 30.8 Å². The van der Waals surface area contributed by atoms with Gasteiger partial charge in [-0.1, -0.05) is 6.07 Å². The van der Waals surface area contributed by atoms with Crippen molar-refractivity contribution in [3.05, 3.63) is 34.9 Å². The predicted octanol–water partition coefficient (Wildman–Crippen LogP) is 1.50. The van der Waals surface area contributed by atoms with Crippen molar-refractivity contribution >= 4 is 17.8 Å². The molecule has 0 aliphatic carbocycles. The highest BCUT2D eigenvalue weighted by Gasteiger charge is 2.30. The molecule has 1 aromatic carbocycles. The number of amides is 2. The molecule has 1 atom stereocenters. The number of hydrogen-bond acceptors (Lipinski definition) is 3. The lowest BCUT2D eigenvalue weighted by molar-refractivity contribution is -0.139. The molecule has 124 valence electrons. The monoisotopic (exact) mass is 318 g/mol. The van der Waals surface area contributed by atoms with Crippen molar-refractivity contribution in [3.63, 3.8) is 0 Å². The van der Waals surface area contributed by atoms with Crippen LogP contribution in [0.15, 0.2) is 18.2 Å². The number of hydrogen-bond donors (Lipinski definition) is 2. The molecule has 1 aromatic rings. The van der Waals surface area contributed by atoms with Crippen molar-refractivity contribution in [1.82, 2.24) is 10.2 Å². The number of nitrogens with one attached hydrogen (secondary N) is 1. The summed E-state index contributed by atoms with van der Waals surface area (Å²) in [6.07, 6.45) is 1.45. The lowest BCUT2D eigenvalue weighted by Crippen LogP contribution is -2.43. The number of carbonyl (C=O) groups is 3. The maximum absolute atomic E-state index is 12.2. The molecule has 1 heterocycles. The van der Waals surface area contributed by atoms with Crippen molar-refractivity contribution in [2.24, 2.45) is 0 Å². The van der Waals surface area contributed by atoms with E-state index in [0.717, 1.165) is 17.5 Å². The molecular weight excluding hydrogens is 296 g/mol. The summed E-state index contributed by atoms with van der Waals surface area (Å²) in [5.41, 5.74) is 2.64. The summed E-state index contributed by atoms with van der Waals surface area (Å²) < 4.78 is 0. The van der Waals surface area contributed by atoms with Crippen molar-refractivity contribution < 1.29 is 19.5 Å². The molecule has 0 radical (unpaired) electrons. The summed E-state index contributed by atoms with van der Waals surface area (Å²) in [5, 5.41) is 11.5. The van der Waals surface area contributed by atoms with Gasteiger partial charge in [0.2, 0.25) is 5.91 Å². The molecule has 1 fully saturated rings. The SMILES string of the molecule is Cc1ccc(C(=O)NCC(=O)N2CCCC2CC(=O)O)cc1C. The molecule has 2 N–H and O–H groups in total. The summed E-state index contributed by atoms with van der Waals surface area (Å²) in [6.45, 7) is 4.34. The van der Waals surface area contributed by atoms with Crippen LogP contribution in [0.2, 0.25) is 0 Å². The van der Waals surface area contributed by atoms with E-state index in [2.05, 4.69) is 5.32 Å². The first-order valence-corrected chi connectivity index (χ1v) is 7.75. The Morgan fingerprint density at radius 3 is 2.65 bits per heavy atom. The van der Waals surface area contributed by atoms with Gasteiger partial charge in [0.15, 0.2) is 0 Å². The third kappa shape index (κ3) is 4.31. The summed E-state index contributed by atoms with van der Waals surface area (Å²) >= 11 is 0. The van der Waals surface area contributed by atoms with Gasteiger partial charge in [0.05, 0.1) is 13.0 Å². The van der Waals surface area contributed by atoms with E-state index in [4.69, 9.17) is 5.11 Å². The molecule has 1 saturated heterocycles. The van der Waals surface area contributed by atoms with E-state index in [1.54, 1.807) is 17.0 Å². The number of carboxylic acid groups (broad SMARTS) is 1. The average molecular weight is 318 g/mol. The lowest BCUT2D eigenvalue weighted by atomic mass is 10.1. The first-order chi connectivity index (χ1) is 10.9. The average Bonchev–Trinajstić information content (AvgIpc) is 2.94. The lowest BCUT2D eigenvalue weighted by Gasteiger charge is -2.23. The minimum absolute atomic E-state index is 0.0448. The largest absolute Gasteiger partial charge is 0.481 e. The zero-order chi connectivity index (χ0) is 17.0. The topological polar surface area (TPSA) is 86.7 Å². The van der Waals surface area contributed by atoms with E-state index in [9.17, 15) is 14.4 Å². The quantitative estimate of drug-likeness (QED) is 0.861. The fourth-order valence-electron chi connectivity index (χ4n) is 2.82. The molecule has 0 bridgehead atoms. The maximum atomic E-state index is 12.2. The number of carboxylic acids is 1. The highest BCUT2D eigenvalue weighted by atomic mass is 16.4. The van der Waals surface area contributed by atoms with E-state index in [1.165, 1.54) is 0 Å². The molecule has 6 heteroatoms. The van der Waals surface area contributed by atoms with Gasteiger partial charge in [0, 0.05) is 18.2 Å². The molecule has 0 saturated carbocycles. The van der Waals surface area contributed by atoms with Gasteiger partial charge in [0.1, 0.15) is 0 Å². The van der Waals surface area contributed by atoms with Crippen LogP contribution in [0.25, 0.3) is 0 Å². The Labute approximate surface area is 135 Å². The zero-order valence-electron chi connectivity index (χ0n) is 13.5. The second-order valence-electron chi connectivity index (χ2n) is 5.96. The summed E-state index contributed by atoms with van der Waals surface area (Å²) in [6, 6.07) is 5.12. The molecular formula is C17H22N2O4. The second-order valence-corrected chi connectivity index (χ2v) is 5.96. The van der Waals surface area contributed by atoms with Crippen LogP contribution < -0.4 is 5.32 Å². The first-order valence-electron chi connectivity index (χ1n) is 7.75. The molecule has 2 rings (SSSR count). The van der Waals surface area contributed by atoms with Crippen molar-refractivity contribution in [2.75, 3.05) is 13.1 Å². The van der Waals surface area contributed by atoms with Gasteiger partial charge in [-0.25, -0.2) is 0 Å². The molecule has 6 nitrogen and oxygen atoms in total. The standard InChI is InChI=1S/C17H22N2O4/c1-11-5-6-13(8-12(11)2)17(23)18-10-15(20)19-7-3-4-14(19)9-16(21)22/h5-6,8,14H,3-4,7,9-10H2,1-2H3,(H,18,23)(H,21,22). The molecule has 23 heavy (non-hydrogen) atoms. The van der Waals surface area contributed by atoms with Crippen molar-refractivity contribution in [2.45, 2.75) is 39.2 Å². The van der Waals surface area contributed by atoms with Gasteiger partial charge in [0.25, 0.3) is 5.91 Å². The Bertz CT molecular complexity index is 627. The van der Waals surface area contributed by atoms with E-state index in [1.807, 2.05) is 19.9 Å². The summed E-state index contributed by atoms with van der Waals surface area (Å²) in [7, 11) is 0. The van der Waals surface area contributed by atoms with Crippen LogP contribution in [0.5, 0.6) is 0 Å². The van der Waals surface area contributed by atoms with Gasteiger partial charge in [-0.15, -0.1) is 0 Å². The van der Waals surface area contributed by atoms with Crippen LogP contribution >= 0.6 is 0 Å². The van der Waals surface area contributed by atoms with E-state index < -0.39 is 5.97 Å². The number of carbonyl (C=O) groups excluding carboxylic acids is 2. The van der Waals surface area contributed by atoms with Crippen LogP contribution in [0, 0.1) is 13.8 Å². The smallest absolute Gasteiger partial charge is 0.305 e. The van der Waals surface area contributed by atoms with Gasteiger partial charge < -0.3 is 15.3 Å². The number of rotatable bonds is 5. The number of nitrogens with zero attached hydrogens (tertiary/aromatic N) is 1. The third-order valence-corrected chi connectivity index (χ3v) is 4.28. The molecule has 1 unspecified atom stereocenters. The summed E-state index contributed by atoms with van der Waals surface area (Å²) in [5.74, 6) is -1.43. The third-order valence-electron chi connectivity index (χ3n) is 4.28. The van der Waals surface area contributed by atoms with Crippen LogP contribution in [-0.2, 0) is 9.59 Å². The zero-order valence-corrected chi connectivity index (χ0v) is 13.5. The van der Waals surface area contributed by atoms with E-state index >= 15 is 0 Å². The maximum Gasteiger partial charge on any atom is 0.305 e. The molecule has 1 aliphatic rings. The van der Waals surface area contributed by atoms with Gasteiger partial charge in [-0.3, -0.25) is 14.4 Å². The Morgan fingerprint density at radius 1 is 1.26 bits per heavy atom. The molecule has 2 amide bonds. The highest BCUT2D eigenvalue weighted by Crippen LogP contribution is 2.20. The van der Waals surface area contributed by atoms with Crippen molar-refractivity contribution in [1.29, 1.82) is 0 Å². The minimum atomic E-state index is -0.908. The van der Waals surface area contributed by atoms with Gasteiger partial charge >= 0.3 is 5.97 Å². The number of benzene rings is 1. The highest BCUT2D eigenvalue weighted by molar-refractivity contribution is 5.96. The number of aryl methyl sites for hydroxylation is 2. The summed E-state index contributed by atoms with van der Waals surface area (Å²) in [4.78, 5) is 36.7. The second kappa shape index (κ2) is 7.26. The van der Waals surface area contributed by atoms with Crippen LogP contribution in [-0.4, -0.2) is 46.9 Å². The first kappa shape index (κ1) is 17.0. The van der Waals surface area contributed by atoms with Crippen LogP contribution in [0.4, 0.5) is 0 Å². The minimum Gasteiger partial charge on any atom is -0.481 e.